The third-order valence-corrected chi connectivity index (χ3v) is 7.33. The van der Waals surface area contributed by atoms with E-state index in [4.69, 9.17) is 21.6 Å². The van der Waals surface area contributed by atoms with Crippen LogP contribution in [-0.4, -0.2) is 67.8 Å². The summed E-state index contributed by atoms with van der Waals surface area (Å²) < 4.78 is 32.3. The van der Waals surface area contributed by atoms with Crippen molar-refractivity contribution in [1.82, 2.24) is 9.62 Å². The van der Waals surface area contributed by atoms with E-state index in [1.807, 2.05) is 6.92 Å². The van der Waals surface area contributed by atoms with Crippen LogP contribution in [0.4, 0.5) is 0 Å². The molecule has 0 spiro atoms. The number of nitrogen functional groups attached to an aromatic ring is 1. The molecule has 200 valence electrons. The first-order valence-corrected chi connectivity index (χ1v) is 13.9. The quantitative estimate of drug-likeness (QED) is 0.0915. The Morgan fingerprint density at radius 2 is 1.97 bits per heavy atom. The standard InChI is InChI=1S/C24H37N5O6S/c1-3-5-6-8-19(28-36(33,34)15-21(30)35-4-2)24(32)29-12-7-9-20(29)22(31)18-13-16(23(26)27)10-11-17(18)14-25/h10-11,13,19-20,28H,3-9,12,14-15,25H2,1-2H3,(H3,26,27)/t19-,20+/m1/s1. The van der Waals surface area contributed by atoms with Crippen molar-refractivity contribution in [2.45, 2.75) is 71.0 Å². The third-order valence-electron chi connectivity index (χ3n) is 6.07. The highest BCUT2D eigenvalue weighted by Crippen LogP contribution is 2.25. The lowest BCUT2D eigenvalue weighted by molar-refractivity contribution is -0.140. The Morgan fingerprint density at radius 3 is 2.58 bits per heavy atom. The molecule has 1 aliphatic heterocycles. The summed E-state index contributed by atoms with van der Waals surface area (Å²) in [4.78, 5) is 40.3. The number of benzene rings is 1. The molecule has 11 nitrogen and oxygen atoms in total. The van der Waals surface area contributed by atoms with Gasteiger partial charge >= 0.3 is 5.97 Å². The van der Waals surface area contributed by atoms with Gasteiger partial charge in [0, 0.05) is 24.2 Å². The highest BCUT2D eigenvalue weighted by atomic mass is 32.2. The number of nitrogens with two attached hydrogens (primary N) is 2. The highest BCUT2D eigenvalue weighted by Gasteiger charge is 2.39. The van der Waals surface area contributed by atoms with E-state index in [2.05, 4.69) is 4.72 Å². The highest BCUT2D eigenvalue weighted by molar-refractivity contribution is 7.90. The van der Waals surface area contributed by atoms with Crippen molar-refractivity contribution in [3.05, 3.63) is 34.9 Å². The normalized spacial score (nSPS) is 16.5. The maximum absolute atomic E-state index is 13.6. The number of ketones is 1. The number of unbranched alkanes of at least 4 members (excludes halogenated alkanes) is 2. The van der Waals surface area contributed by atoms with Gasteiger partial charge in [0.1, 0.15) is 11.9 Å². The van der Waals surface area contributed by atoms with E-state index >= 15 is 0 Å². The molecule has 1 amide bonds. The second kappa shape index (κ2) is 13.5. The number of ether oxygens (including phenoxy) is 1. The minimum absolute atomic E-state index is 0.0421. The Hall–Kier alpha value is -2.83. The van der Waals surface area contributed by atoms with E-state index in [1.54, 1.807) is 19.1 Å². The average Bonchev–Trinajstić information content (AvgIpc) is 3.31. The molecule has 0 radical (unpaired) electrons. The molecule has 0 bridgehead atoms. The summed E-state index contributed by atoms with van der Waals surface area (Å²) in [5.74, 6) is -2.83. The smallest absolute Gasteiger partial charge is 0.322 e. The molecule has 2 rings (SSSR count). The van der Waals surface area contributed by atoms with Crippen molar-refractivity contribution in [3.63, 3.8) is 0 Å². The van der Waals surface area contributed by atoms with Gasteiger partial charge in [0.05, 0.1) is 12.6 Å². The number of carbonyl (C=O) groups excluding carboxylic acids is 3. The van der Waals surface area contributed by atoms with Crippen LogP contribution in [0.1, 0.15) is 73.9 Å². The Labute approximate surface area is 212 Å². The minimum Gasteiger partial charge on any atom is -0.465 e. The maximum atomic E-state index is 13.6. The largest absolute Gasteiger partial charge is 0.465 e. The zero-order valence-corrected chi connectivity index (χ0v) is 21.7. The van der Waals surface area contributed by atoms with Gasteiger partial charge in [-0.2, -0.15) is 0 Å². The number of esters is 1. The number of hydrogen-bond donors (Lipinski definition) is 4. The fraction of sp³-hybridized carbons (Fsp3) is 0.583. The number of likely N-dealkylation sites (tertiary alicyclic amines) is 1. The molecule has 0 saturated carbocycles. The number of nitrogens with one attached hydrogen (secondary N) is 2. The van der Waals surface area contributed by atoms with Crippen LogP contribution in [0, 0.1) is 5.41 Å². The van der Waals surface area contributed by atoms with E-state index in [9.17, 15) is 22.8 Å². The van der Waals surface area contributed by atoms with E-state index in [1.165, 1.54) is 11.0 Å². The van der Waals surface area contributed by atoms with Gasteiger partial charge in [0.2, 0.25) is 15.9 Å². The zero-order valence-electron chi connectivity index (χ0n) is 20.9. The molecule has 1 aliphatic rings. The summed E-state index contributed by atoms with van der Waals surface area (Å²) in [6, 6.07) is 2.85. The monoisotopic (exact) mass is 523 g/mol. The summed E-state index contributed by atoms with van der Waals surface area (Å²) in [5, 5.41) is 7.69. The number of nitrogens with zero attached hydrogens (tertiary/aromatic N) is 1. The van der Waals surface area contributed by atoms with Crippen LogP contribution in [0.5, 0.6) is 0 Å². The van der Waals surface area contributed by atoms with E-state index in [0.717, 1.165) is 12.8 Å². The first-order valence-electron chi connectivity index (χ1n) is 12.2. The van der Waals surface area contributed by atoms with Crippen molar-refractivity contribution in [1.29, 1.82) is 5.41 Å². The summed E-state index contributed by atoms with van der Waals surface area (Å²) >= 11 is 0. The molecular weight excluding hydrogens is 486 g/mol. The van der Waals surface area contributed by atoms with E-state index in [0.29, 0.717) is 42.5 Å². The molecule has 0 unspecified atom stereocenters. The molecule has 1 fully saturated rings. The van der Waals surface area contributed by atoms with Crippen molar-refractivity contribution in [2.75, 3.05) is 18.9 Å². The SMILES string of the molecule is CCCCC[C@@H](NS(=O)(=O)CC(=O)OCC)C(=O)N1CCC[C@H]1C(=O)c1cc(C(=N)N)ccc1CN. The van der Waals surface area contributed by atoms with Gasteiger partial charge in [-0.25, -0.2) is 13.1 Å². The van der Waals surface area contributed by atoms with E-state index < -0.39 is 39.7 Å². The zero-order chi connectivity index (χ0) is 26.9. The second-order valence-electron chi connectivity index (χ2n) is 8.77. The molecule has 6 N–H and O–H groups in total. The average molecular weight is 524 g/mol. The predicted octanol–water partition coefficient (Wildman–Crippen LogP) is 1.03. The lowest BCUT2D eigenvalue weighted by atomic mass is 9.94. The molecule has 0 aromatic heterocycles. The predicted molar refractivity (Wildman–Crippen MR) is 136 cm³/mol. The van der Waals surface area contributed by atoms with Crippen LogP contribution in [-0.2, 0) is 30.9 Å². The first-order chi connectivity index (χ1) is 17.0. The van der Waals surface area contributed by atoms with Gasteiger partial charge < -0.3 is 21.1 Å². The lowest BCUT2D eigenvalue weighted by Gasteiger charge is -2.29. The minimum atomic E-state index is -4.14. The summed E-state index contributed by atoms with van der Waals surface area (Å²) in [5.41, 5.74) is 12.6. The van der Waals surface area contributed by atoms with Crippen LogP contribution in [0.2, 0.25) is 0 Å². The van der Waals surface area contributed by atoms with Gasteiger partial charge in [-0.15, -0.1) is 0 Å². The van der Waals surface area contributed by atoms with Crippen molar-refractivity contribution in [2.24, 2.45) is 11.5 Å². The Bertz CT molecular complexity index is 1070. The van der Waals surface area contributed by atoms with Gasteiger partial charge in [0.15, 0.2) is 11.5 Å². The molecule has 1 heterocycles. The third kappa shape index (κ3) is 7.84. The Kier molecular flexibility index (Phi) is 11.0. The molecular formula is C24H37N5O6S. The summed E-state index contributed by atoms with van der Waals surface area (Å²) in [6.45, 7) is 3.99. The van der Waals surface area contributed by atoms with Crippen LogP contribution in [0.25, 0.3) is 0 Å². The van der Waals surface area contributed by atoms with Gasteiger partial charge in [-0.1, -0.05) is 38.3 Å². The van der Waals surface area contributed by atoms with E-state index in [-0.39, 0.29) is 31.2 Å². The maximum Gasteiger partial charge on any atom is 0.322 e. The fourth-order valence-corrected chi connectivity index (χ4v) is 5.41. The second-order valence-corrected chi connectivity index (χ2v) is 10.5. The molecule has 0 aliphatic carbocycles. The molecule has 36 heavy (non-hydrogen) atoms. The lowest BCUT2D eigenvalue weighted by Crippen LogP contribution is -2.52. The number of hydrogen-bond acceptors (Lipinski definition) is 8. The Morgan fingerprint density at radius 1 is 1.25 bits per heavy atom. The van der Waals surface area contributed by atoms with Crippen LogP contribution < -0.4 is 16.2 Å². The molecule has 1 aromatic rings. The topological polar surface area (TPSA) is 186 Å². The molecule has 1 saturated heterocycles. The van der Waals surface area contributed by atoms with Gasteiger partial charge in [-0.3, -0.25) is 19.8 Å². The Balaban J connectivity index is 2.31. The van der Waals surface area contributed by atoms with Crippen molar-refractivity contribution >= 4 is 33.5 Å². The molecule has 12 heteroatoms. The number of carbonyl (C=O) groups is 3. The van der Waals surface area contributed by atoms with Crippen LogP contribution in [0.15, 0.2) is 18.2 Å². The summed E-state index contributed by atoms with van der Waals surface area (Å²) in [6.07, 6.45) is 3.48. The molecule has 2 atom stereocenters. The van der Waals surface area contributed by atoms with Crippen LogP contribution in [0.3, 0.4) is 0 Å². The number of amides is 1. The number of amidine groups is 1. The van der Waals surface area contributed by atoms with Crippen LogP contribution >= 0.6 is 0 Å². The first kappa shape index (κ1) is 29.4. The summed E-state index contributed by atoms with van der Waals surface area (Å²) in [7, 11) is -4.14. The van der Waals surface area contributed by atoms with Gasteiger partial charge in [-0.05, 0) is 37.8 Å². The van der Waals surface area contributed by atoms with Crippen molar-refractivity contribution in [3.8, 4) is 0 Å². The fourth-order valence-electron chi connectivity index (χ4n) is 4.28. The number of rotatable bonds is 14. The van der Waals surface area contributed by atoms with Crippen molar-refractivity contribution < 1.29 is 27.5 Å². The number of Topliss-reactive ketones (excluding diaryl/α,β-unsaturated/α-hetero) is 1. The molecule has 1 aromatic carbocycles. The van der Waals surface area contributed by atoms with Gasteiger partial charge in [0.25, 0.3) is 0 Å². The number of sulfonamides is 1.